The highest BCUT2D eigenvalue weighted by Crippen LogP contribution is 2.37. The fourth-order valence-corrected chi connectivity index (χ4v) is 2.58. The number of rotatable bonds is 3. The predicted octanol–water partition coefficient (Wildman–Crippen LogP) is 1.86. The van der Waals surface area contributed by atoms with Crippen LogP contribution in [0.2, 0.25) is 0 Å². The Morgan fingerprint density at radius 3 is 2.25 bits per heavy atom. The molecular formula is C14H25NO5. The summed E-state index contributed by atoms with van der Waals surface area (Å²) >= 11 is 0. The van der Waals surface area contributed by atoms with Crippen molar-refractivity contribution in [3.63, 3.8) is 0 Å². The molecule has 0 spiro atoms. The minimum atomic E-state index is -1.52. The number of hydrogen-bond donors (Lipinski definition) is 2. The fraction of sp³-hybridized carbons (Fsp3) is 0.857. The summed E-state index contributed by atoms with van der Waals surface area (Å²) in [4.78, 5) is 24.7. The van der Waals surface area contributed by atoms with Crippen LogP contribution in [0.4, 0.5) is 4.79 Å². The van der Waals surface area contributed by atoms with E-state index >= 15 is 0 Å². The van der Waals surface area contributed by atoms with E-state index in [0.717, 1.165) is 6.42 Å². The van der Waals surface area contributed by atoms with Gasteiger partial charge in [-0.3, -0.25) is 0 Å². The topological polar surface area (TPSA) is 87.1 Å². The molecule has 0 aromatic rings. The maximum atomic E-state index is 12.2. The Morgan fingerprint density at radius 1 is 1.25 bits per heavy atom. The van der Waals surface area contributed by atoms with Gasteiger partial charge in [0.2, 0.25) is 0 Å². The Bertz CT molecular complexity index is 386. The molecule has 0 saturated carbocycles. The van der Waals surface area contributed by atoms with E-state index in [1.165, 1.54) is 4.90 Å². The summed E-state index contributed by atoms with van der Waals surface area (Å²) in [6.07, 6.45) is -0.530. The van der Waals surface area contributed by atoms with Gasteiger partial charge in [0, 0.05) is 18.0 Å². The summed E-state index contributed by atoms with van der Waals surface area (Å²) < 4.78 is 5.35. The summed E-state index contributed by atoms with van der Waals surface area (Å²) in [5.74, 6) is -1.27. The van der Waals surface area contributed by atoms with Crippen molar-refractivity contribution in [2.75, 3.05) is 6.54 Å². The molecule has 1 heterocycles. The minimum absolute atomic E-state index is 0.344. The van der Waals surface area contributed by atoms with Crippen molar-refractivity contribution in [2.24, 2.45) is 5.41 Å². The van der Waals surface area contributed by atoms with E-state index in [2.05, 4.69) is 0 Å². The van der Waals surface area contributed by atoms with Gasteiger partial charge in [-0.2, -0.15) is 0 Å². The molecular weight excluding hydrogens is 262 g/mol. The third kappa shape index (κ3) is 3.62. The summed E-state index contributed by atoms with van der Waals surface area (Å²) in [5.41, 5.74) is -1.53. The molecule has 1 fully saturated rings. The van der Waals surface area contributed by atoms with Gasteiger partial charge in [0.15, 0.2) is 6.10 Å². The predicted molar refractivity (Wildman–Crippen MR) is 73.4 cm³/mol. The van der Waals surface area contributed by atoms with Gasteiger partial charge in [-0.15, -0.1) is 0 Å². The third-order valence-electron chi connectivity index (χ3n) is 3.68. The maximum absolute atomic E-state index is 12.2. The summed E-state index contributed by atoms with van der Waals surface area (Å²) in [7, 11) is 0. The smallest absolute Gasteiger partial charge is 0.410 e. The molecule has 1 saturated heterocycles. The number of aliphatic hydroxyl groups is 1. The van der Waals surface area contributed by atoms with Crippen molar-refractivity contribution in [1.82, 2.24) is 4.90 Å². The van der Waals surface area contributed by atoms with Crippen molar-refractivity contribution in [3.05, 3.63) is 0 Å². The number of aliphatic carboxylic acids is 1. The van der Waals surface area contributed by atoms with Crippen LogP contribution in [0.1, 0.15) is 47.5 Å². The second kappa shape index (κ2) is 5.60. The second-order valence-corrected chi connectivity index (χ2v) is 6.89. The van der Waals surface area contributed by atoms with Crippen LogP contribution in [0.3, 0.4) is 0 Å². The van der Waals surface area contributed by atoms with E-state index in [-0.39, 0.29) is 6.04 Å². The van der Waals surface area contributed by atoms with Crippen LogP contribution < -0.4 is 0 Å². The van der Waals surface area contributed by atoms with Gasteiger partial charge >= 0.3 is 12.1 Å². The third-order valence-corrected chi connectivity index (χ3v) is 3.68. The lowest BCUT2D eigenvalue weighted by molar-refractivity contribution is -0.155. The fourth-order valence-electron chi connectivity index (χ4n) is 2.58. The molecule has 0 radical (unpaired) electrons. The lowest BCUT2D eigenvalue weighted by Gasteiger charge is -2.39. The van der Waals surface area contributed by atoms with Crippen molar-refractivity contribution in [2.45, 2.75) is 65.2 Å². The SMILES string of the molecule is CC(C)(C)OC(=O)N1CCCC1C(C)(C)C(O)C(=O)O. The van der Waals surface area contributed by atoms with Gasteiger partial charge in [-0.25, -0.2) is 9.59 Å². The quantitative estimate of drug-likeness (QED) is 0.827. The zero-order valence-corrected chi connectivity index (χ0v) is 12.8. The molecule has 2 atom stereocenters. The molecule has 1 aliphatic rings. The molecule has 1 rings (SSSR count). The van der Waals surface area contributed by atoms with E-state index in [1.807, 2.05) is 0 Å². The molecule has 2 N–H and O–H groups in total. The molecule has 1 aliphatic heterocycles. The molecule has 0 aromatic carbocycles. The van der Waals surface area contributed by atoms with Crippen LogP contribution in [0.15, 0.2) is 0 Å². The average molecular weight is 287 g/mol. The molecule has 1 amide bonds. The lowest BCUT2D eigenvalue weighted by atomic mass is 9.77. The number of aliphatic hydroxyl groups excluding tert-OH is 1. The lowest BCUT2D eigenvalue weighted by Crippen LogP contribution is -2.52. The van der Waals surface area contributed by atoms with Crippen molar-refractivity contribution < 1.29 is 24.5 Å². The van der Waals surface area contributed by atoms with E-state index in [1.54, 1.807) is 34.6 Å². The Labute approximate surface area is 119 Å². The molecule has 20 heavy (non-hydrogen) atoms. The maximum Gasteiger partial charge on any atom is 0.410 e. The molecule has 0 aliphatic carbocycles. The van der Waals surface area contributed by atoms with Crippen molar-refractivity contribution in [3.8, 4) is 0 Å². The van der Waals surface area contributed by atoms with Crippen LogP contribution >= 0.6 is 0 Å². The van der Waals surface area contributed by atoms with Crippen LogP contribution in [-0.2, 0) is 9.53 Å². The zero-order chi connectivity index (χ0) is 15.7. The van der Waals surface area contributed by atoms with Gasteiger partial charge in [0.25, 0.3) is 0 Å². The number of carboxylic acid groups (broad SMARTS) is 1. The number of ether oxygens (including phenoxy) is 1. The zero-order valence-electron chi connectivity index (χ0n) is 12.8. The monoisotopic (exact) mass is 287 g/mol. The first-order chi connectivity index (χ1) is 8.97. The van der Waals surface area contributed by atoms with Crippen LogP contribution in [0, 0.1) is 5.41 Å². The highest BCUT2D eigenvalue weighted by atomic mass is 16.6. The number of carboxylic acids is 1. The summed E-state index contributed by atoms with van der Waals surface area (Å²) in [6.45, 7) is 9.21. The molecule has 6 heteroatoms. The number of likely N-dealkylation sites (tertiary alicyclic amines) is 1. The highest BCUT2D eigenvalue weighted by Gasteiger charge is 2.47. The summed E-state index contributed by atoms with van der Waals surface area (Å²) in [5, 5.41) is 18.9. The molecule has 116 valence electrons. The van der Waals surface area contributed by atoms with Gasteiger partial charge in [0.05, 0.1) is 0 Å². The van der Waals surface area contributed by atoms with Crippen molar-refractivity contribution in [1.29, 1.82) is 0 Å². The van der Waals surface area contributed by atoms with Crippen LogP contribution in [-0.4, -0.2) is 51.5 Å². The number of hydrogen-bond acceptors (Lipinski definition) is 4. The second-order valence-electron chi connectivity index (χ2n) is 6.89. The van der Waals surface area contributed by atoms with Gasteiger partial charge in [-0.05, 0) is 33.6 Å². The normalized spacial score (nSPS) is 21.7. The number of nitrogens with zero attached hydrogens (tertiary/aromatic N) is 1. The Kier molecular flexibility index (Phi) is 4.69. The largest absolute Gasteiger partial charge is 0.479 e. The first-order valence-corrected chi connectivity index (χ1v) is 6.87. The minimum Gasteiger partial charge on any atom is -0.479 e. The number of carbonyl (C=O) groups is 2. The van der Waals surface area contributed by atoms with Crippen LogP contribution in [0.5, 0.6) is 0 Å². The Morgan fingerprint density at radius 2 is 1.80 bits per heavy atom. The summed E-state index contributed by atoms with van der Waals surface area (Å²) in [6, 6.07) is -0.344. The Hall–Kier alpha value is -1.30. The van der Waals surface area contributed by atoms with E-state index in [9.17, 15) is 14.7 Å². The molecule has 6 nitrogen and oxygen atoms in total. The Balaban J connectivity index is 2.89. The average Bonchev–Trinajstić information content (AvgIpc) is 2.74. The first-order valence-electron chi connectivity index (χ1n) is 6.87. The van der Waals surface area contributed by atoms with Crippen LogP contribution in [0.25, 0.3) is 0 Å². The number of amides is 1. The van der Waals surface area contributed by atoms with E-state index in [0.29, 0.717) is 13.0 Å². The standard InChI is InChI=1S/C14H25NO5/c1-13(2,3)20-12(19)15-8-6-7-9(15)14(4,5)10(16)11(17)18/h9-10,16H,6-8H2,1-5H3,(H,17,18). The molecule has 0 bridgehead atoms. The first kappa shape index (κ1) is 16.8. The van der Waals surface area contributed by atoms with E-state index in [4.69, 9.17) is 9.84 Å². The van der Waals surface area contributed by atoms with Gasteiger partial charge < -0.3 is 19.8 Å². The van der Waals surface area contributed by atoms with Gasteiger partial charge in [0.1, 0.15) is 5.60 Å². The highest BCUT2D eigenvalue weighted by molar-refractivity contribution is 5.74. The van der Waals surface area contributed by atoms with Crippen molar-refractivity contribution >= 4 is 12.1 Å². The van der Waals surface area contributed by atoms with E-state index < -0.39 is 29.2 Å². The molecule has 2 unspecified atom stereocenters. The molecule has 0 aromatic heterocycles. The van der Waals surface area contributed by atoms with Gasteiger partial charge in [-0.1, -0.05) is 13.8 Å². The number of carbonyl (C=O) groups excluding carboxylic acids is 1.